The summed E-state index contributed by atoms with van der Waals surface area (Å²) in [5.74, 6) is -0.415. The molecule has 0 aromatic carbocycles. The lowest BCUT2D eigenvalue weighted by atomic mass is 9.88. The number of nitrogens with zero attached hydrogens (tertiary/aromatic N) is 1. The van der Waals surface area contributed by atoms with Gasteiger partial charge < -0.3 is 30.1 Å². The van der Waals surface area contributed by atoms with Crippen molar-refractivity contribution < 1.29 is 34.4 Å². The molecule has 1 aliphatic heterocycles. The first-order valence-corrected chi connectivity index (χ1v) is 12.3. The Morgan fingerprint density at radius 2 is 1.76 bits per heavy atom. The van der Waals surface area contributed by atoms with Crippen LogP contribution >= 0.6 is 0 Å². The molecule has 4 N–H and O–H groups in total. The average molecular weight is 487 g/mol. The average Bonchev–Trinajstić information content (AvgIpc) is 2.69. The quantitative estimate of drug-likeness (QED) is 0.274. The van der Waals surface area contributed by atoms with Crippen molar-refractivity contribution in [2.75, 3.05) is 19.7 Å². The van der Waals surface area contributed by atoms with Gasteiger partial charge in [0.1, 0.15) is 17.4 Å². The fourth-order valence-corrected chi connectivity index (χ4v) is 3.83. The Balaban J connectivity index is 2.40. The molecule has 9 nitrogen and oxygen atoms in total. The number of rotatable bonds is 10. The topological polar surface area (TPSA) is 129 Å². The van der Waals surface area contributed by atoms with Crippen LogP contribution in [0.4, 0.5) is 9.59 Å². The number of allylic oxidation sites excluding steroid dienone is 1. The van der Waals surface area contributed by atoms with Crippen LogP contribution in [-0.2, 0) is 9.47 Å². The Labute approximate surface area is 204 Å². The van der Waals surface area contributed by atoms with E-state index in [0.29, 0.717) is 58.0 Å². The second-order valence-electron chi connectivity index (χ2n) is 10.9. The smallest absolute Gasteiger partial charge is 0.412 e. The molecule has 1 heterocycles. The maximum Gasteiger partial charge on any atom is 0.412 e. The van der Waals surface area contributed by atoms with Crippen molar-refractivity contribution >= 4 is 12.2 Å². The van der Waals surface area contributed by atoms with E-state index in [1.165, 1.54) is 4.90 Å². The summed E-state index contributed by atoms with van der Waals surface area (Å²) in [5, 5.41) is 33.6. The van der Waals surface area contributed by atoms with Gasteiger partial charge in [0, 0.05) is 19.0 Å². The first kappa shape index (κ1) is 30.2. The normalized spacial score (nSPS) is 20.6. The van der Waals surface area contributed by atoms with Crippen LogP contribution in [0.15, 0.2) is 11.6 Å². The number of hydrogen-bond donors (Lipinski definition) is 4. The maximum absolute atomic E-state index is 12.4. The molecule has 2 amide bonds. The fraction of sp³-hybridized carbons (Fsp3) is 0.840. The van der Waals surface area contributed by atoms with E-state index in [1.807, 2.05) is 26.8 Å². The van der Waals surface area contributed by atoms with E-state index in [1.54, 1.807) is 20.8 Å². The van der Waals surface area contributed by atoms with Crippen LogP contribution in [0, 0.1) is 5.92 Å². The minimum Gasteiger partial charge on any atom is -0.444 e. The molecule has 0 saturated carbocycles. The van der Waals surface area contributed by atoms with E-state index in [-0.39, 0.29) is 6.61 Å². The van der Waals surface area contributed by atoms with E-state index in [0.717, 1.165) is 5.57 Å². The van der Waals surface area contributed by atoms with Crippen LogP contribution in [0.5, 0.6) is 0 Å². The third-order valence-electron chi connectivity index (χ3n) is 5.44. The summed E-state index contributed by atoms with van der Waals surface area (Å²) in [4.78, 5) is 25.3. The van der Waals surface area contributed by atoms with E-state index in [4.69, 9.17) is 9.47 Å². The number of aliphatic hydroxyl groups is 3. The van der Waals surface area contributed by atoms with Gasteiger partial charge in [-0.05, 0) is 92.1 Å². The van der Waals surface area contributed by atoms with Crippen molar-refractivity contribution in [3.05, 3.63) is 11.6 Å². The third kappa shape index (κ3) is 12.0. The molecule has 34 heavy (non-hydrogen) atoms. The number of likely N-dealkylation sites (tertiary alicyclic amines) is 1. The number of aliphatic hydroxyl groups excluding tert-OH is 3. The minimum atomic E-state index is -1.07. The van der Waals surface area contributed by atoms with Crippen LogP contribution in [0.1, 0.15) is 86.5 Å². The standard InChI is InChI=1S/C25H46N2O7/c1-24(2,3)33-22(31)26-15-9-12-18(17-28)11-7-8-14-20(29)19-13-10-16-27(21(19)30)23(32)34-25(4,5)6/h11,19-21,28-30H,7-10,12-17H2,1-6H3,(H,26,31)/b18-11+. The number of piperidine rings is 1. The van der Waals surface area contributed by atoms with Crippen LogP contribution in [0.2, 0.25) is 0 Å². The predicted octanol–water partition coefficient (Wildman–Crippen LogP) is 3.71. The number of ether oxygens (including phenoxy) is 2. The molecule has 1 rings (SSSR count). The van der Waals surface area contributed by atoms with E-state index in [9.17, 15) is 24.9 Å². The fourth-order valence-electron chi connectivity index (χ4n) is 3.83. The van der Waals surface area contributed by atoms with E-state index in [2.05, 4.69) is 5.32 Å². The molecule has 3 atom stereocenters. The Morgan fingerprint density at radius 1 is 1.12 bits per heavy atom. The molecule has 0 aromatic rings. The van der Waals surface area contributed by atoms with Gasteiger partial charge >= 0.3 is 12.2 Å². The highest BCUT2D eigenvalue weighted by molar-refractivity contribution is 5.68. The molecule has 1 fully saturated rings. The Kier molecular flexibility index (Phi) is 12.3. The molecule has 1 saturated heterocycles. The van der Waals surface area contributed by atoms with Crippen LogP contribution in [0.25, 0.3) is 0 Å². The lowest BCUT2D eigenvalue weighted by Crippen LogP contribution is -2.52. The SMILES string of the molecule is CC(C)(C)OC(=O)NCCC/C(=C\CCCC(O)C1CCCN(C(=O)OC(C)(C)C)C1O)CO. The zero-order chi connectivity index (χ0) is 25.9. The summed E-state index contributed by atoms with van der Waals surface area (Å²) in [7, 11) is 0. The first-order chi connectivity index (χ1) is 15.7. The molecule has 0 bridgehead atoms. The van der Waals surface area contributed by atoms with Crippen LogP contribution < -0.4 is 5.32 Å². The molecule has 0 aliphatic carbocycles. The highest BCUT2D eigenvalue weighted by Crippen LogP contribution is 2.28. The molecular formula is C25H46N2O7. The van der Waals surface area contributed by atoms with Gasteiger partial charge in [-0.3, -0.25) is 4.90 Å². The zero-order valence-electron chi connectivity index (χ0n) is 21.8. The third-order valence-corrected chi connectivity index (χ3v) is 5.44. The Morgan fingerprint density at radius 3 is 2.35 bits per heavy atom. The van der Waals surface area contributed by atoms with Gasteiger partial charge in [-0.2, -0.15) is 0 Å². The number of carbonyl (C=O) groups is 2. The zero-order valence-corrected chi connectivity index (χ0v) is 21.8. The van der Waals surface area contributed by atoms with Gasteiger partial charge in [0.25, 0.3) is 0 Å². The number of alkyl carbamates (subject to hydrolysis) is 1. The van der Waals surface area contributed by atoms with Gasteiger partial charge in [-0.15, -0.1) is 0 Å². The second-order valence-corrected chi connectivity index (χ2v) is 10.9. The number of amides is 2. The summed E-state index contributed by atoms with van der Waals surface area (Å²) in [6.07, 6.45) is 3.69. The Hall–Kier alpha value is -1.84. The maximum atomic E-state index is 12.4. The van der Waals surface area contributed by atoms with Crippen LogP contribution in [0.3, 0.4) is 0 Å². The lowest BCUT2D eigenvalue weighted by Gasteiger charge is -2.40. The summed E-state index contributed by atoms with van der Waals surface area (Å²) in [6, 6.07) is 0. The number of nitrogens with one attached hydrogen (secondary N) is 1. The summed E-state index contributed by atoms with van der Waals surface area (Å²) >= 11 is 0. The highest BCUT2D eigenvalue weighted by atomic mass is 16.6. The summed E-state index contributed by atoms with van der Waals surface area (Å²) < 4.78 is 10.6. The van der Waals surface area contributed by atoms with Gasteiger partial charge in [0.05, 0.1) is 12.7 Å². The molecule has 1 aliphatic rings. The van der Waals surface area contributed by atoms with E-state index < -0.39 is 41.6 Å². The van der Waals surface area contributed by atoms with Gasteiger partial charge in [-0.1, -0.05) is 6.08 Å². The van der Waals surface area contributed by atoms with Crippen LogP contribution in [-0.4, -0.2) is 75.6 Å². The van der Waals surface area contributed by atoms with Crippen molar-refractivity contribution in [2.24, 2.45) is 5.92 Å². The molecule has 3 unspecified atom stereocenters. The molecule has 9 heteroatoms. The molecule has 0 spiro atoms. The number of unbranched alkanes of at least 4 members (excludes halogenated alkanes) is 1. The monoisotopic (exact) mass is 486 g/mol. The first-order valence-electron chi connectivity index (χ1n) is 12.3. The highest BCUT2D eigenvalue weighted by Gasteiger charge is 2.38. The minimum absolute atomic E-state index is 0.0544. The molecule has 0 aromatic heterocycles. The van der Waals surface area contributed by atoms with Crippen molar-refractivity contribution in [2.45, 2.75) is 110 Å². The largest absolute Gasteiger partial charge is 0.444 e. The van der Waals surface area contributed by atoms with Crippen molar-refractivity contribution in [1.29, 1.82) is 0 Å². The molecule has 198 valence electrons. The number of carbonyl (C=O) groups excluding carboxylic acids is 2. The van der Waals surface area contributed by atoms with Crippen molar-refractivity contribution in [1.82, 2.24) is 10.2 Å². The second kappa shape index (κ2) is 13.9. The van der Waals surface area contributed by atoms with Crippen molar-refractivity contribution in [3.8, 4) is 0 Å². The van der Waals surface area contributed by atoms with Gasteiger partial charge in [0.15, 0.2) is 0 Å². The lowest BCUT2D eigenvalue weighted by molar-refractivity contribution is -0.104. The summed E-state index contributed by atoms with van der Waals surface area (Å²) in [6.45, 7) is 11.6. The predicted molar refractivity (Wildman–Crippen MR) is 130 cm³/mol. The summed E-state index contributed by atoms with van der Waals surface area (Å²) in [5.41, 5.74) is -0.300. The van der Waals surface area contributed by atoms with Gasteiger partial charge in [0.2, 0.25) is 0 Å². The van der Waals surface area contributed by atoms with E-state index >= 15 is 0 Å². The number of hydrogen-bond acceptors (Lipinski definition) is 7. The molecule has 0 radical (unpaired) electrons. The Bertz CT molecular complexity index is 667. The van der Waals surface area contributed by atoms with Crippen molar-refractivity contribution in [3.63, 3.8) is 0 Å². The molecular weight excluding hydrogens is 440 g/mol. The van der Waals surface area contributed by atoms with Gasteiger partial charge in [-0.25, -0.2) is 9.59 Å².